The molecule has 33 heavy (non-hydrogen) atoms. The molecule has 1 amide bonds. The quantitative estimate of drug-likeness (QED) is 0.475. The maximum absolute atomic E-state index is 13.4. The van der Waals surface area contributed by atoms with Crippen molar-refractivity contribution in [1.29, 1.82) is 0 Å². The maximum Gasteiger partial charge on any atom is 0.252 e. The van der Waals surface area contributed by atoms with E-state index in [1.807, 2.05) is 30.3 Å². The van der Waals surface area contributed by atoms with E-state index in [0.717, 1.165) is 52.6 Å². The van der Waals surface area contributed by atoms with Crippen molar-refractivity contribution in [2.45, 2.75) is 32.6 Å². The molecule has 0 radical (unpaired) electrons. The Hall–Kier alpha value is -3.87. The molecule has 2 heterocycles. The topological polar surface area (TPSA) is 80.9 Å². The minimum Gasteiger partial charge on any atom is -0.351 e. The van der Waals surface area contributed by atoms with Crippen LogP contribution in [0.25, 0.3) is 22.6 Å². The number of benzene rings is 2. The SMILES string of the molecule is Cc1noc(CCNC(=O)c2c3c(nc4ccccc24)/C(=C\c2ccc(F)cc2)CCC3)n1. The van der Waals surface area contributed by atoms with Crippen LogP contribution in [0.5, 0.6) is 0 Å². The number of carbonyl (C=O) groups excluding carboxylic acids is 1. The van der Waals surface area contributed by atoms with Gasteiger partial charge in [-0.25, -0.2) is 9.37 Å². The first-order chi connectivity index (χ1) is 16.1. The van der Waals surface area contributed by atoms with E-state index >= 15 is 0 Å². The first-order valence-corrected chi connectivity index (χ1v) is 11.0. The molecule has 5 rings (SSSR count). The van der Waals surface area contributed by atoms with Crippen LogP contribution >= 0.6 is 0 Å². The molecule has 7 heteroatoms. The largest absolute Gasteiger partial charge is 0.351 e. The van der Waals surface area contributed by atoms with Gasteiger partial charge in [0.15, 0.2) is 5.82 Å². The van der Waals surface area contributed by atoms with Gasteiger partial charge in [-0.1, -0.05) is 35.5 Å². The number of rotatable bonds is 5. The zero-order chi connectivity index (χ0) is 22.8. The number of amides is 1. The van der Waals surface area contributed by atoms with Crippen LogP contribution in [-0.4, -0.2) is 27.6 Å². The fraction of sp³-hybridized carbons (Fsp3) is 0.231. The van der Waals surface area contributed by atoms with Crippen LogP contribution in [0.15, 0.2) is 53.1 Å². The highest BCUT2D eigenvalue weighted by Gasteiger charge is 2.25. The van der Waals surface area contributed by atoms with Gasteiger partial charge in [-0.2, -0.15) is 4.98 Å². The number of aromatic nitrogens is 3. The van der Waals surface area contributed by atoms with Gasteiger partial charge < -0.3 is 9.84 Å². The van der Waals surface area contributed by atoms with Gasteiger partial charge in [0.05, 0.1) is 16.8 Å². The summed E-state index contributed by atoms with van der Waals surface area (Å²) in [5.74, 6) is 0.675. The van der Waals surface area contributed by atoms with Crippen LogP contribution in [0.1, 0.15) is 51.7 Å². The molecule has 0 saturated heterocycles. The molecule has 2 aromatic carbocycles. The summed E-state index contributed by atoms with van der Waals surface area (Å²) < 4.78 is 18.5. The van der Waals surface area contributed by atoms with E-state index in [4.69, 9.17) is 9.51 Å². The summed E-state index contributed by atoms with van der Waals surface area (Å²) >= 11 is 0. The molecular formula is C26H23FN4O2. The van der Waals surface area contributed by atoms with Gasteiger partial charge in [0.1, 0.15) is 5.82 Å². The van der Waals surface area contributed by atoms with E-state index in [-0.39, 0.29) is 11.7 Å². The van der Waals surface area contributed by atoms with Gasteiger partial charge in [-0.05, 0) is 67.2 Å². The normalized spacial score (nSPS) is 14.4. The highest BCUT2D eigenvalue weighted by molar-refractivity contribution is 6.09. The number of carbonyl (C=O) groups is 1. The maximum atomic E-state index is 13.4. The molecule has 0 aliphatic heterocycles. The van der Waals surface area contributed by atoms with Crippen molar-refractivity contribution in [2.75, 3.05) is 6.54 Å². The molecule has 0 spiro atoms. The molecule has 0 fully saturated rings. The van der Waals surface area contributed by atoms with Crippen molar-refractivity contribution < 1.29 is 13.7 Å². The summed E-state index contributed by atoms with van der Waals surface area (Å²) in [5.41, 5.74) is 5.23. The number of nitrogens with zero attached hydrogens (tertiary/aromatic N) is 3. The third-order valence-electron chi connectivity index (χ3n) is 5.80. The van der Waals surface area contributed by atoms with Crippen LogP contribution in [0.2, 0.25) is 0 Å². The lowest BCUT2D eigenvalue weighted by Gasteiger charge is -2.23. The van der Waals surface area contributed by atoms with Crippen LogP contribution in [0.3, 0.4) is 0 Å². The zero-order valence-corrected chi connectivity index (χ0v) is 18.3. The van der Waals surface area contributed by atoms with Gasteiger partial charge in [-0.3, -0.25) is 4.79 Å². The van der Waals surface area contributed by atoms with Gasteiger partial charge in [0, 0.05) is 18.4 Å². The van der Waals surface area contributed by atoms with Crippen LogP contribution in [0.4, 0.5) is 4.39 Å². The predicted molar refractivity (Wildman–Crippen MR) is 124 cm³/mol. The molecule has 166 valence electrons. The average Bonchev–Trinajstić information content (AvgIpc) is 3.24. The molecule has 0 atom stereocenters. The van der Waals surface area contributed by atoms with Crippen molar-refractivity contribution in [3.63, 3.8) is 0 Å². The van der Waals surface area contributed by atoms with Crippen LogP contribution < -0.4 is 5.32 Å². The summed E-state index contributed by atoms with van der Waals surface area (Å²) in [6.45, 7) is 2.15. The number of allylic oxidation sites excluding steroid dienone is 1. The number of fused-ring (bicyclic) bond motifs is 2. The Morgan fingerprint density at radius 3 is 2.73 bits per heavy atom. The van der Waals surface area contributed by atoms with Crippen LogP contribution in [0, 0.1) is 12.7 Å². The smallest absolute Gasteiger partial charge is 0.252 e. The molecule has 2 aromatic heterocycles. The second-order valence-electron chi connectivity index (χ2n) is 8.15. The Morgan fingerprint density at radius 1 is 1.12 bits per heavy atom. The van der Waals surface area contributed by atoms with E-state index in [1.54, 1.807) is 19.1 Å². The Kier molecular flexibility index (Phi) is 5.69. The lowest BCUT2D eigenvalue weighted by molar-refractivity contribution is 0.0954. The fourth-order valence-corrected chi connectivity index (χ4v) is 4.31. The molecule has 1 N–H and O–H groups in total. The molecule has 1 aliphatic rings. The molecule has 4 aromatic rings. The summed E-state index contributed by atoms with van der Waals surface area (Å²) in [6, 6.07) is 14.1. The number of aryl methyl sites for hydroxylation is 1. The average molecular weight is 442 g/mol. The van der Waals surface area contributed by atoms with E-state index in [1.165, 1.54) is 12.1 Å². The Balaban J connectivity index is 1.51. The zero-order valence-electron chi connectivity index (χ0n) is 18.3. The number of hydrogen-bond donors (Lipinski definition) is 1. The minimum absolute atomic E-state index is 0.135. The number of nitrogens with one attached hydrogen (secondary N) is 1. The lowest BCUT2D eigenvalue weighted by atomic mass is 9.85. The summed E-state index contributed by atoms with van der Waals surface area (Å²) in [6.07, 6.45) is 5.06. The first-order valence-electron chi connectivity index (χ1n) is 11.0. The Morgan fingerprint density at radius 2 is 1.94 bits per heavy atom. The first kappa shape index (κ1) is 21.0. The number of halogens is 1. The van der Waals surface area contributed by atoms with Crippen LogP contribution in [-0.2, 0) is 12.8 Å². The summed E-state index contributed by atoms with van der Waals surface area (Å²) in [7, 11) is 0. The molecule has 0 unspecified atom stereocenters. The second kappa shape index (κ2) is 8.94. The summed E-state index contributed by atoms with van der Waals surface area (Å²) in [5, 5.41) is 7.64. The molecule has 1 aliphatic carbocycles. The van der Waals surface area contributed by atoms with E-state index in [9.17, 15) is 9.18 Å². The lowest BCUT2D eigenvalue weighted by Crippen LogP contribution is -2.28. The van der Waals surface area contributed by atoms with Gasteiger partial charge in [0.25, 0.3) is 5.91 Å². The van der Waals surface area contributed by atoms with Gasteiger partial charge in [0.2, 0.25) is 5.89 Å². The molecule has 0 bridgehead atoms. The van der Waals surface area contributed by atoms with E-state index < -0.39 is 0 Å². The van der Waals surface area contributed by atoms with Crippen molar-refractivity contribution in [1.82, 2.24) is 20.4 Å². The van der Waals surface area contributed by atoms with E-state index in [0.29, 0.717) is 30.2 Å². The standard InChI is InChI=1S/C26H23FN4O2/c1-16-29-23(33-31-16)13-14-28-26(32)24-20-6-2-3-8-22(20)30-25-18(5-4-7-21(24)25)15-17-9-11-19(27)12-10-17/h2-3,6,8-12,15H,4-5,7,13-14H2,1H3,(H,28,32)/b18-15-. The molecule has 0 saturated carbocycles. The highest BCUT2D eigenvalue weighted by atomic mass is 19.1. The number of para-hydroxylation sites is 1. The van der Waals surface area contributed by atoms with Crippen molar-refractivity contribution in [2.24, 2.45) is 0 Å². The second-order valence-corrected chi connectivity index (χ2v) is 8.15. The summed E-state index contributed by atoms with van der Waals surface area (Å²) in [4.78, 5) is 22.5. The van der Waals surface area contributed by atoms with Gasteiger partial charge in [-0.15, -0.1) is 0 Å². The third-order valence-corrected chi connectivity index (χ3v) is 5.80. The third kappa shape index (κ3) is 4.39. The molecule has 6 nitrogen and oxygen atoms in total. The monoisotopic (exact) mass is 442 g/mol. The minimum atomic E-state index is -0.264. The van der Waals surface area contributed by atoms with E-state index in [2.05, 4.69) is 15.5 Å². The van der Waals surface area contributed by atoms with Crippen molar-refractivity contribution in [3.05, 3.63) is 88.4 Å². The van der Waals surface area contributed by atoms with Crippen molar-refractivity contribution in [3.8, 4) is 0 Å². The predicted octanol–water partition coefficient (Wildman–Crippen LogP) is 4.91. The Bertz CT molecular complexity index is 1360. The fourth-order valence-electron chi connectivity index (χ4n) is 4.31. The highest BCUT2D eigenvalue weighted by Crippen LogP contribution is 2.36. The Labute approximate surface area is 190 Å². The molecular weight excluding hydrogens is 419 g/mol. The van der Waals surface area contributed by atoms with Crippen molar-refractivity contribution >= 4 is 28.5 Å². The van der Waals surface area contributed by atoms with Gasteiger partial charge >= 0.3 is 0 Å². The number of pyridine rings is 1. The number of hydrogen-bond acceptors (Lipinski definition) is 5.